The molecule has 0 atom stereocenters. The lowest BCUT2D eigenvalue weighted by atomic mass is 10.2. The van der Waals surface area contributed by atoms with E-state index in [0.717, 1.165) is 9.13 Å². The lowest BCUT2D eigenvalue weighted by Gasteiger charge is -2.00. The smallest absolute Gasteiger partial charge is 0.208 e. The predicted molar refractivity (Wildman–Crippen MR) is 67.6 cm³/mol. The number of nitrogens with two attached hydrogens (primary N) is 1. The van der Waals surface area contributed by atoms with Crippen molar-refractivity contribution in [3.63, 3.8) is 0 Å². The van der Waals surface area contributed by atoms with Gasteiger partial charge in [0.1, 0.15) is 0 Å². The largest absolute Gasteiger partial charge is 0.439 e. The summed E-state index contributed by atoms with van der Waals surface area (Å²) in [5.41, 5.74) is 6.37. The summed E-state index contributed by atoms with van der Waals surface area (Å²) in [6.45, 7) is 0.303. The van der Waals surface area contributed by atoms with Crippen LogP contribution in [0.25, 0.3) is 11.3 Å². The van der Waals surface area contributed by atoms with E-state index in [1.54, 1.807) is 6.20 Å². The third kappa shape index (κ3) is 2.32. The van der Waals surface area contributed by atoms with Gasteiger partial charge in [-0.05, 0) is 40.8 Å². The van der Waals surface area contributed by atoms with Gasteiger partial charge in [0.25, 0.3) is 0 Å². The van der Waals surface area contributed by atoms with Crippen molar-refractivity contribution in [2.75, 3.05) is 0 Å². The number of halogens is 2. The van der Waals surface area contributed by atoms with Crippen molar-refractivity contribution in [2.45, 2.75) is 6.54 Å². The molecular formula is C10H8ClIN2O. The van der Waals surface area contributed by atoms with E-state index in [1.807, 2.05) is 18.2 Å². The van der Waals surface area contributed by atoms with Crippen molar-refractivity contribution < 1.29 is 4.42 Å². The highest BCUT2D eigenvalue weighted by Gasteiger charge is 2.09. The molecule has 0 amide bonds. The van der Waals surface area contributed by atoms with Crippen LogP contribution >= 0.6 is 34.2 Å². The average Bonchev–Trinajstić information content (AvgIpc) is 2.70. The number of benzene rings is 1. The molecule has 1 aromatic heterocycles. The van der Waals surface area contributed by atoms with E-state index >= 15 is 0 Å². The summed E-state index contributed by atoms with van der Waals surface area (Å²) in [5.74, 6) is 1.23. The Kier molecular flexibility index (Phi) is 3.28. The van der Waals surface area contributed by atoms with Crippen LogP contribution in [0.2, 0.25) is 5.02 Å². The van der Waals surface area contributed by atoms with Gasteiger partial charge in [-0.15, -0.1) is 0 Å². The van der Waals surface area contributed by atoms with E-state index in [9.17, 15) is 0 Å². The summed E-state index contributed by atoms with van der Waals surface area (Å²) in [4.78, 5) is 4.04. The fourth-order valence-corrected chi connectivity index (χ4v) is 1.99. The molecule has 15 heavy (non-hydrogen) atoms. The minimum absolute atomic E-state index is 0.303. The first-order chi connectivity index (χ1) is 7.20. The highest BCUT2D eigenvalue weighted by molar-refractivity contribution is 14.1. The number of oxazole rings is 1. The van der Waals surface area contributed by atoms with Gasteiger partial charge in [-0.3, -0.25) is 0 Å². The summed E-state index contributed by atoms with van der Waals surface area (Å²) in [7, 11) is 0. The third-order valence-corrected chi connectivity index (χ3v) is 3.10. The molecule has 2 N–H and O–H groups in total. The molecule has 5 heteroatoms. The summed E-state index contributed by atoms with van der Waals surface area (Å²) in [5, 5.41) is 0.677. The SMILES string of the molecule is NCc1ncc(-c2cc(Cl)ccc2I)o1. The zero-order valence-corrected chi connectivity index (χ0v) is 10.6. The third-order valence-electron chi connectivity index (χ3n) is 1.92. The number of nitrogens with zero attached hydrogens (tertiary/aromatic N) is 1. The fraction of sp³-hybridized carbons (Fsp3) is 0.100. The van der Waals surface area contributed by atoms with Crippen LogP contribution in [-0.2, 0) is 6.54 Å². The Balaban J connectivity index is 2.48. The van der Waals surface area contributed by atoms with Gasteiger partial charge in [0, 0.05) is 14.2 Å². The van der Waals surface area contributed by atoms with Gasteiger partial charge in [-0.2, -0.15) is 0 Å². The van der Waals surface area contributed by atoms with Gasteiger partial charge in [0.2, 0.25) is 5.89 Å². The Labute approximate surface area is 106 Å². The van der Waals surface area contributed by atoms with Crippen LogP contribution in [0.15, 0.2) is 28.8 Å². The number of hydrogen-bond acceptors (Lipinski definition) is 3. The Bertz CT molecular complexity index is 484. The van der Waals surface area contributed by atoms with Crippen molar-refractivity contribution in [1.82, 2.24) is 4.98 Å². The van der Waals surface area contributed by atoms with Gasteiger partial charge in [0.05, 0.1) is 12.7 Å². The van der Waals surface area contributed by atoms with Gasteiger partial charge < -0.3 is 10.2 Å². The maximum Gasteiger partial charge on any atom is 0.208 e. The van der Waals surface area contributed by atoms with Crippen LogP contribution in [0, 0.1) is 3.57 Å². The number of hydrogen-bond donors (Lipinski definition) is 1. The molecule has 78 valence electrons. The molecule has 0 saturated carbocycles. The van der Waals surface area contributed by atoms with Crippen LogP contribution in [0.5, 0.6) is 0 Å². The van der Waals surface area contributed by atoms with E-state index in [1.165, 1.54) is 0 Å². The van der Waals surface area contributed by atoms with Gasteiger partial charge >= 0.3 is 0 Å². The molecule has 2 aromatic rings. The first-order valence-corrected chi connectivity index (χ1v) is 5.76. The molecule has 0 bridgehead atoms. The molecule has 0 unspecified atom stereocenters. The standard InChI is InChI=1S/C10H8ClIN2O/c11-6-1-2-8(12)7(3-6)9-5-14-10(4-13)15-9/h1-3,5H,4,13H2. The normalized spacial score (nSPS) is 10.6. The number of rotatable bonds is 2. The minimum atomic E-state index is 0.303. The van der Waals surface area contributed by atoms with Crippen LogP contribution in [-0.4, -0.2) is 4.98 Å². The van der Waals surface area contributed by atoms with Gasteiger partial charge in [0.15, 0.2) is 5.76 Å². The molecule has 0 fully saturated rings. The van der Waals surface area contributed by atoms with Crippen LogP contribution in [0.3, 0.4) is 0 Å². The Morgan fingerprint density at radius 1 is 1.47 bits per heavy atom. The lowest BCUT2D eigenvalue weighted by Crippen LogP contribution is -1.94. The Morgan fingerprint density at radius 3 is 2.93 bits per heavy atom. The van der Waals surface area contributed by atoms with Crippen molar-refractivity contribution in [2.24, 2.45) is 5.73 Å². The summed E-state index contributed by atoms with van der Waals surface area (Å²) < 4.78 is 6.52. The molecular weight excluding hydrogens is 326 g/mol. The van der Waals surface area contributed by atoms with Crippen LogP contribution in [0.1, 0.15) is 5.89 Å². The van der Waals surface area contributed by atoms with Crippen LogP contribution in [0.4, 0.5) is 0 Å². The quantitative estimate of drug-likeness (QED) is 0.859. The second-order valence-electron chi connectivity index (χ2n) is 2.95. The molecule has 1 heterocycles. The summed E-state index contributed by atoms with van der Waals surface area (Å²) in [6, 6.07) is 5.63. The topological polar surface area (TPSA) is 52.0 Å². The monoisotopic (exact) mass is 334 g/mol. The van der Waals surface area contributed by atoms with Crippen molar-refractivity contribution in [3.05, 3.63) is 38.9 Å². The van der Waals surface area contributed by atoms with Gasteiger partial charge in [-0.1, -0.05) is 11.6 Å². The summed E-state index contributed by atoms with van der Waals surface area (Å²) >= 11 is 8.14. The van der Waals surface area contributed by atoms with E-state index in [2.05, 4.69) is 27.6 Å². The van der Waals surface area contributed by atoms with E-state index in [-0.39, 0.29) is 0 Å². The Hall–Kier alpha value is -0.590. The zero-order chi connectivity index (χ0) is 10.8. The van der Waals surface area contributed by atoms with E-state index in [4.69, 9.17) is 21.8 Å². The first-order valence-electron chi connectivity index (χ1n) is 4.31. The van der Waals surface area contributed by atoms with Crippen molar-refractivity contribution >= 4 is 34.2 Å². The van der Waals surface area contributed by atoms with E-state index < -0.39 is 0 Å². The molecule has 0 spiro atoms. The second-order valence-corrected chi connectivity index (χ2v) is 4.55. The molecule has 0 aliphatic rings. The predicted octanol–water partition coefficient (Wildman–Crippen LogP) is 3.06. The maximum atomic E-state index is 5.92. The van der Waals surface area contributed by atoms with Gasteiger partial charge in [-0.25, -0.2) is 4.98 Å². The average molecular weight is 335 g/mol. The number of aromatic nitrogens is 1. The molecule has 3 nitrogen and oxygen atoms in total. The van der Waals surface area contributed by atoms with E-state index in [0.29, 0.717) is 23.2 Å². The molecule has 1 aromatic carbocycles. The molecule has 0 saturated heterocycles. The van der Waals surface area contributed by atoms with Crippen molar-refractivity contribution in [1.29, 1.82) is 0 Å². The fourth-order valence-electron chi connectivity index (χ4n) is 1.22. The molecule has 0 radical (unpaired) electrons. The minimum Gasteiger partial charge on any atom is -0.439 e. The molecule has 2 rings (SSSR count). The molecule has 0 aliphatic carbocycles. The maximum absolute atomic E-state index is 5.92. The lowest BCUT2D eigenvalue weighted by molar-refractivity contribution is 0.509. The van der Waals surface area contributed by atoms with Crippen molar-refractivity contribution in [3.8, 4) is 11.3 Å². The zero-order valence-electron chi connectivity index (χ0n) is 7.71. The second kappa shape index (κ2) is 4.51. The highest BCUT2D eigenvalue weighted by Crippen LogP contribution is 2.28. The first kappa shape index (κ1) is 10.9. The van der Waals surface area contributed by atoms with Crippen LogP contribution < -0.4 is 5.73 Å². The highest BCUT2D eigenvalue weighted by atomic mass is 127. The summed E-state index contributed by atoms with van der Waals surface area (Å²) in [6.07, 6.45) is 1.66. The Morgan fingerprint density at radius 2 is 2.27 bits per heavy atom. The molecule has 0 aliphatic heterocycles.